The second-order valence-corrected chi connectivity index (χ2v) is 5.53. The summed E-state index contributed by atoms with van der Waals surface area (Å²) in [5, 5.41) is 12.9. The molecule has 0 aliphatic rings. The SMILES string of the molecule is CCCNCC(O)c1cc(Br)c(Cl)s1. The lowest BCUT2D eigenvalue weighted by Gasteiger charge is -2.08. The van der Waals surface area contributed by atoms with Crippen LogP contribution in [0.4, 0.5) is 0 Å². The molecule has 0 radical (unpaired) electrons. The summed E-state index contributed by atoms with van der Waals surface area (Å²) in [4.78, 5) is 0.894. The molecule has 14 heavy (non-hydrogen) atoms. The molecule has 1 heterocycles. The van der Waals surface area contributed by atoms with Crippen molar-refractivity contribution in [3.05, 3.63) is 19.8 Å². The predicted octanol–water partition coefficient (Wildman–Crippen LogP) is 3.20. The molecule has 0 bridgehead atoms. The molecule has 0 aliphatic carbocycles. The van der Waals surface area contributed by atoms with Crippen LogP contribution in [0.25, 0.3) is 0 Å². The number of hydrogen-bond donors (Lipinski definition) is 2. The molecule has 2 N–H and O–H groups in total. The number of halogens is 2. The third-order valence-corrected chi connectivity index (χ3v) is 4.33. The third-order valence-electron chi connectivity index (χ3n) is 1.76. The van der Waals surface area contributed by atoms with Crippen LogP contribution < -0.4 is 5.32 Å². The van der Waals surface area contributed by atoms with Gasteiger partial charge in [0.1, 0.15) is 10.4 Å². The first-order valence-corrected chi connectivity index (χ1v) is 6.47. The van der Waals surface area contributed by atoms with Crippen molar-refractivity contribution in [1.82, 2.24) is 5.32 Å². The Morgan fingerprint density at radius 3 is 2.93 bits per heavy atom. The van der Waals surface area contributed by atoms with Gasteiger partial charge in [-0.3, -0.25) is 0 Å². The maximum absolute atomic E-state index is 9.75. The van der Waals surface area contributed by atoms with Crippen LogP contribution in [-0.2, 0) is 0 Å². The molecule has 0 saturated heterocycles. The fraction of sp³-hybridized carbons (Fsp3) is 0.556. The number of hydrogen-bond acceptors (Lipinski definition) is 3. The van der Waals surface area contributed by atoms with E-state index in [1.807, 2.05) is 6.07 Å². The topological polar surface area (TPSA) is 32.3 Å². The largest absolute Gasteiger partial charge is 0.386 e. The zero-order valence-electron chi connectivity index (χ0n) is 7.89. The minimum atomic E-state index is -0.463. The Labute approximate surface area is 101 Å². The van der Waals surface area contributed by atoms with Gasteiger partial charge in [-0.2, -0.15) is 0 Å². The van der Waals surface area contributed by atoms with E-state index in [0.29, 0.717) is 10.9 Å². The molecular formula is C9H13BrClNOS. The molecule has 1 unspecified atom stereocenters. The van der Waals surface area contributed by atoms with E-state index in [-0.39, 0.29) is 0 Å². The van der Waals surface area contributed by atoms with Gasteiger partial charge in [0.15, 0.2) is 0 Å². The highest BCUT2D eigenvalue weighted by Crippen LogP contribution is 2.34. The molecule has 0 spiro atoms. The zero-order valence-corrected chi connectivity index (χ0v) is 11.0. The van der Waals surface area contributed by atoms with Crippen molar-refractivity contribution in [2.24, 2.45) is 0 Å². The minimum Gasteiger partial charge on any atom is -0.386 e. The van der Waals surface area contributed by atoms with Crippen molar-refractivity contribution in [2.45, 2.75) is 19.4 Å². The molecule has 1 atom stereocenters. The van der Waals surface area contributed by atoms with E-state index >= 15 is 0 Å². The summed E-state index contributed by atoms with van der Waals surface area (Å²) in [5.74, 6) is 0. The van der Waals surface area contributed by atoms with E-state index in [1.165, 1.54) is 11.3 Å². The first kappa shape index (κ1) is 12.5. The summed E-state index contributed by atoms with van der Waals surface area (Å²) in [7, 11) is 0. The van der Waals surface area contributed by atoms with Crippen molar-refractivity contribution >= 4 is 38.9 Å². The van der Waals surface area contributed by atoms with Gasteiger partial charge in [-0.15, -0.1) is 11.3 Å². The standard InChI is InChI=1S/C9H13BrClNOS/c1-2-3-12-5-7(13)8-4-6(10)9(11)14-8/h4,7,12-13H,2-3,5H2,1H3. The Hall–Kier alpha value is 0.390. The molecule has 0 fully saturated rings. The van der Waals surface area contributed by atoms with Crippen molar-refractivity contribution in [2.75, 3.05) is 13.1 Å². The van der Waals surface area contributed by atoms with Gasteiger partial charge in [0.25, 0.3) is 0 Å². The molecule has 0 saturated carbocycles. The average molecular weight is 299 g/mol. The summed E-state index contributed by atoms with van der Waals surface area (Å²) in [6, 6.07) is 1.87. The van der Waals surface area contributed by atoms with Gasteiger partial charge < -0.3 is 10.4 Å². The Kier molecular flexibility index (Phi) is 5.41. The van der Waals surface area contributed by atoms with E-state index in [0.717, 1.165) is 22.3 Å². The molecule has 0 aliphatic heterocycles. The first-order valence-electron chi connectivity index (χ1n) is 4.48. The summed E-state index contributed by atoms with van der Waals surface area (Å²) in [6.45, 7) is 3.60. The maximum atomic E-state index is 9.75. The van der Waals surface area contributed by atoms with Gasteiger partial charge in [0.05, 0.1) is 0 Å². The number of nitrogens with one attached hydrogen (secondary N) is 1. The van der Waals surface area contributed by atoms with E-state index in [9.17, 15) is 5.11 Å². The van der Waals surface area contributed by atoms with Gasteiger partial charge in [-0.25, -0.2) is 0 Å². The zero-order chi connectivity index (χ0) is 10.6. The molecule has 0 amide bonds. The van der Waals surface area contributed by atoms with E-state index in [4.69, 9.17) is 11.6 Å². The molecule has 0 aromatic carbocycles. The molecule has 1 aromatic rings. The van der Waals surface area contributed by atoms with E-state index in [2.05, 4.69) is 28.2 Å². The lowest BCUT2D eigenvalue weighted by molar-refractivity contribution is 0.178. The van der Waals surface area contributed by atoms with Crippen LogP contribution in [0.15, 0.2) is 10.5 Å². The van der Waals surface area contributed by atoms with Gasteiger partial charge >= 0.3 is 0 Å². The van der Waals surface area contributed by atoms with E-state index < -0.39 is 6.10 Å². The highest BCUT2D eigenvalue weighted by molar-refractivity contribution is 9.10. The van der Waals surface area contributed by atoms with Crippen LogP contribution in [-0.4, -0.2) is 18.2 Å². The minimum absolute atomic E-state index is 0.463. The number of aliphatic hydroxyl groups excluding tert-OH is 1. The van der Waals surface area contributed by atoms with Gasteiger partial charge in [0.2, 0.25) is 0 Å². The van der Waals surface area contributed by atoms with Crippen LogP contribution in [0.5, 0.6) is 0 Å². The normalized spacial score (nSPS) is 13.1. The van der Waals surface area contributed by atoms with Crippen LogP contribution in [0.1, 0.15) is 24.3 Å². The van der Waals surface area contributed by atoms with Crippen LogP contribution in [0, 0.1) is 0 Å². The highest BCUT2D eigenvalue weighted by atomic mass is 79.9. The number of rotatable bonds is 5. The molecule has 2 nitrogen and oxygen atoms in total. The summed E-state index contributed by atoms with van der Waals surface area (Å²) >= 11 is 10.6. The lowest BCUT2D eigenvalue weighted by Crippen LogP contribution is -2.21. The van der Waals surface area contributed by atoms with Crippen LogP contribution in [0.2, 0.25) is 4.34 Å². The Morgan fingerprint density at radius 2 is 2.43 bits per heavy atom. The third kappa shape index (κ3) is 3.51. The predicted molar refractivity (Wildman–Crippen MR) is 65.1 cm³/mol. The van der Waals surface area contributed by atoms with Gasteiger partial charge in [0, 0.05) is 15.9 Å². The summed E-state index contributed by atoms with van der Waals surface area (Å²) in [5.41, 5.74) is 0. The molecule has 1 aromatic heterocycles. The van der Waals surface area contributed by atoms with Crippen LogP contribution >= 0.6 is 38.9 Å². The summed E-state index contributed by atoms with van der Waals surface area (Å²) < 4.78 is 1.54. The maximum Gasteiger partial charge on any atom is 0.107 e. The first-order chi connectivity index (χ1) is 6.65. The fourth-order valence-corrected chi connectivity index (χ4v) is 2.77. The van der Waals surface area contributed by atoms with Gasteiger partial charge in [-0.1, -0.05) is 18.5 Å². The van der Waals surface area contributed by atoms with Crippen molar-refractivity contribution < 1.29 is 5.11 Å². The number of thiophene rings is 1. The summed E-state index contributed by atoms with van der Waals surface area (Å²) in [6.07, 6.45) is 0.608. The molecular weight excluding hydrogens is 286 g/mol. The quantitative estimate of drug-likeness (QED) is 0.818. The molecule has 5 heteroatoms. The van der Waals surface area contributed by atoms with Crippen molar-refractivity contribution in [3.63, 3.8) is 0 Å². The second kappa shape index (κ2) is 6.08. The van der Waals surface area contributed by atoms with Gasteiger partial charge in [-0.05, 0) is 35.0 Å². The fourth-order valence-electron chi connectivity index (χ4n) is 1.04. The van der Waals surface area contributed by atoms with Crippen LogP contribution in [0.3, 0.4) is 0 Å². The Morgan fingerprint density at radius 1 is 1.71 bits per heavy atom. The Bertz CT molecular complexity index is 273. The van der Waals surface area contributed by atoms with Crippen molar-refractivity contribution in [3.8, 4) is 0 Å². The molecule has 1 rings (SSSR count). The second-order valence-electron chi connectivity index (χ2n) is 2.99. The van der Waals surface area contributed by atoms with Crippen molar-refractivity contribution in [1.29, 1.82) is 0 Å². The average Bonchev–Trinajstić information content (AvgIpc) is 2.47. The highest BCUT2D eigenvalue weighted by Gasteiger charge is 2.12. The number of aliphatic hydroxyl groups is 1. The lowest BCUT2D eigenvalue weighted by atomic mass is 10.3. The smallest absolute Gasteiger partial charge is 0.107 e. The van der Waals surface area contributed by atoms with E-state index in [1.54, 1.807) is 0 Å². The molecule has 80 valence electrons. The Balaban J connectivity index is 2.47. The monoisotopic (exact) mass is 297 g/mol.